The fourth-order valence-corrected chi connectivity index (χ4v) is 4.97. The van der Waals surface area contributed by atoms with Gasteiger partial charge in [-0.1, -0.05) is 72.4 Å². The van der Waals surface area contributed by atoms with Gasteiger partial charge in [-0.15, -0.1) is 0 Å². The minimum absolute atomic E-state index is 0.00325. The zero-order valence-electron chi connectivity index (χ0n) is 16.9. The number of aliphatic hydroxyl groups is 1. The standard InChI is InChI=1S/C22H27NO5S2/c1-30(27,28)21(13-8-14-24)23-20(25)16-19(15-17-9-4-2-5-10-17)29-22(26)18-11-6-3-7-12-18/h2-7,9-12,19,21,24H,8,13-16H2,1H3,(H,23,25). The van der Waals surface area contributed by atoms with Gasteiger partial charge in [0.05, 0.1) is 0 Å². The van der Waals surface area contributed by atoms with Crippen LogP contribution >= 0.6 is 11.8 Å². The molecule has 0 fully saturated rings. The van der Waals surface area contributed by atoms with Gasteiger partial charge in [-0.3, -0.25) is 9.59 Å². The Balaban J connectivity index is 2.11. The Bertz CT molecular complexity index is 917. The van der Waals surface area contributed by atoms with Crippen molar-refractivity contribution in [3.63, 3.8) is 0 Å². The molecule has 1 amide bonds. The number of carbonyl (C=O) groups excluding carboxylic acids is 2. The van der Waals surface area contributed by atoms with Gasteiger partial charge in [0.2, 0.25) is 11.0 Å². The number of aliphatic hydroxyl groups excluding tert-OH is 1. The lowest BCUT2D eigenvalue weighted by Gasteiger charge is -2.20. The first-order chi connectivity index (χ1) is 14.3. The summed E-state index contributed by atoms with van der Waals surface area (Å²) in [4.78, 5) is 25.3. The molecule has 0 aliphatic carbocycles. The molecular formula is C22H27NO5S2. The summed E-state index contributed by atoms with van der Waals surface area (Å²) in [6, 6.07) is 18.4. The van der Waals surface area contributed by atoms with Gasteiger partial charge in [0.15, 0.2) is 9.84 Å². The van der Waals surface area contributed by atoms with Crippen LogP contribution in [-0.2, 0) is 21.1 Å². The maximum absolute atomic E-state index is 12.7. The lowest BCUT2D eigenvalue weighted by Crippen LogP contribution is -2.41. The molecule has 0 aliphatic heterocycles. The van der Waals surface area contributed by atoms with Crippen molar-refractivity contribution in [3.05, 3.63) is 71.8 Å². The highest BCUT2D eigenvalue weighted by Crippen LogP contribution is 2.24. The van der Waals surface area contributed by atoms with Crippen molar-refractivity contribution in [3.8, 4) is 0 Å². The smallest absolute Gasteiger partial charge is 0.222 e. The Morgan fingerprint density at radius 2 is 1.63 bits per heavy atom. The van der Waals surface area contributed by atoms with E-state index in [0.29, 0.717) is 12.0 Å². The molecule has 0 spiro atoms. The third-order valence-corrected chi connectivity index (χ3v) is 6.97. The van der Waals surface area contributed by atoms with Gasteiger partial charge in [-0.05, 0) is 24.8 Å². The topological polar surface area (TPSA) is 101 Å². The molecule has 2 atom stereocenters. The summed E-state index contributed by atoms with van der Waals surface area (Å²) in [6.45, 7) is -0.153. The molecule has 2 unspecified atom stereocenters. The molecule has 30 heavy (non-hydrogen) atoms. The molecule has 0 aromatic heterocycles. The number of hydrogen-bond donors (Lipinski definition) is 2. The predicted octanol–water partition coefficient (Wildman–Crippen LogP) is 2.82. The molecule has 0 aliphatic rings. The van der Waals surface area contributed by atoms with Gasteiger partial charge in [0, 0.05) is 30.1 Å². The highest BCUT2D eigenvalue weighted by atomic mass is 32.2. The Morgan fingerprint density at radius 3 is 2.20 bits per heavy atom. The number of benzene rings is 2. The molecule has 2 rings (SSSR count). The van der Waals surface area contributed by atoms with Crippen LogP contribution in [0.15, 0.2) is 60.7 Å². The van der Waals surface area contributed by atoms with Crippen LogP contribution in [-0.4, -0.2) is 48.0 Å². The normalized spacial score (nSPS) is 13.4. The number of carbonyl (C=O) groups is 2. The summed E-state index contributed by atoms with van der Waals surface area (Å²) in [5, 5.41) is 10.0. The highest BCUT2D eigenvalue weighted by molar-refractivity contribution is 8.14. The zero-order valence-corrected chi connectivity index (χ0v) is 18.5. The average Bonchev–Trinajstić information content (AvgIpc) is 2.71. The Kier molecular flexibility index (Phi) is 9.55. The van der Waals surface area contributed by atoms with Crippen LogP contribution in [0.3, 0.4) is 0 Å². The number of nitrogens with one attached hydrogen (secondary N) is 1. The van der Waals surface area contributed by atoms with Crippen LogP contribution < -0.4 is 5.32 Å². The number of thioether (sulfide) groups is 1. The lowest BCUT2D eigenvalue weighted by molar-refractivity contribution is -0.121. The largest absolute Gasteiger partial charge is 0.396 e. The van der Waals surface area contributed by atoms with Crippen molar-refractivity contribution < 1.29 is 23.1 Å². The second-order valence-electron chi connectivity index (χ2n) is 7.04. The van der Waals surface area contributed by atoms with Crippen LogP contribution in [0.1, 0.15) is 35.2 Å². The molecule has 2 aromatic carbocycles. The minimum atomic E-state index is -3.51. The van der Waals surface area contributed by atoms with Gasteiger partial charge < -0.3 is 10.4 Å². The first-order valence-electron chi connectivity index (χ1n) is 9.68. The molecule has 8 heteroatoms. The average molecular weight is 450 g/mol. The maximum atomic E-state index is 12.7. The van der Waals surface area contributed by atoms with E-state index in [-0.39, 0.29) is 36.2 Å². The molecule has 0 heterocycles. The molecule has 0 radical (unpaired) electrons. The summed E-state index contributed by atoms with van der Waals surface area (Å²) >= 11 is 1.08. The molecule has 2 aromatic rings. The van der Waals surface area contributed by atoms with Crippen LogP contribution in [0.25, 0.3) is 0 Å². The van der Waals surface area contributed by atoms with Crippen molar-refractivity contribution in [1.82, 2.24) is 5.32 Å². The van der Waals surface area contributed by atoms with Gasteiger partial charge in [-0.2, -0.15) is 0 Å². The maximum Gasteiger partial charge on any atom is 0.222 e. The third-order valence-electron chi connectivity index (χ3n) is 4.47. The first-order valence-corrected chi connectivity index (χ1v) is 12.5. The number of rotatable bonds is 11. The zero-order chi connectivity index (χ0) is 22.0. The second-order valence-corrected chi connectivity index (χ2v) is 10.5. The quantitative estimate of drug-likeness (QED) is 0.547. The molecule has 0 saturated heterocycles. The molecule has 162 valence electrons. The lowest BCUT2D eigenvalue weighted by atomic mass is 10.1. The van der Waals surface area contributed by atoms with Gasteiger partial charge in [0.1, 0.15) is 5.37 Å². The van der Waals surface area contributed by atoms with E-state index in [1.165, 1.54) is 0 Å². The Morgan fingerprint density at radius 1 is 1.03 bits per heavy atom. The van der Waals surface area contributed by atoms with E-state index >= 15 is 0 Å². The Labute approximate surface area is 182 Å². The van der Waals surface area contributed by atoms with E-state index in [1.54, 1.807) is 24.3 Å². The fraction of sp³-hybridized carbons (Fsp3) is 0.364. The van der Waals surface area contributed by atoms with Gasteiger partial charge in [-0.25, -0.2) is 8.42 Å². The van der Waals surface area contributed by atoms with E-state index in [9.17, 15) is 18.0 Å². The fourth-order valence-electron chi connectivity index (χ4n) is 2.94. The SMILES string of the molecule is CS(=O)(=O)C(CCCO)NC(=O)CC(Cc1ccccc1)SC(=O)c1ccccc1. The number of amides is 1. The number of sulfone groups is 1. The summed E-state index contributed by atoms with van der Waals surface area (Å²) in [7, 11) is -3.51. The summed E-state index contributed by atoms with van der Waals surface area (Å²) in [6.07, 6.45) is 1.97. The number of hydrogen-bond acceptors (Lipinski definition) is 6. The molecule has 0 bridgehead atoms. The van der Waals surface area contributed by atoms with E-state index in [4.69, 9.17) is 5.11 Å². The third kappa shape index (κ3) is 8.30. The monoisotopic (exact) mass is 449 g/mol. The van der Waals surface area contributed by atoms with Crippen LogP contribution in [0.4, 0.5) is 0 Å². The van der Waals surface area contributed by atoms with Crippen LogP contribution in [0.5, 0.6) is 0 Å². The van der Waals surface area contributed by atoms with Crippen molar-refractivity contribution in [2.24, 2.45) is 0 Å². The van der Waals surface area contributed by atoms with Crippen LogP contribution in [0, 0.1) is 0 Å². The van der Waals surface area contributed by atoms with Crippen molar-refractivity contribution >= 4 is 32.6 Å². The van der Waals surface area contributed by atoms with E-state index in [2.05, 4.69) is 5.32 Å². The van der Waals surface area contributed by atoms with E-state index in [0.717, 1.165) is 23.6 Å². The summed E-state index contributed by atoms with van der Waals surface area (Å²) in [5.74, 6) is -0.433. The molecular weight excluding hydrogens is 422 g/mol. The molecule has 0 saturated carbocycles. The molecule has 2 N–H and O–H groups in total. The summed E-state index contributed by atoms with van der Waals surface area (Å²) in [5.41, 5.74) is 1.54. The van der Waals surface area contributed by atoms with Crippen molar-refractivity contribution in [1.29, 1.82) is 0 Å². The van der Waals surface area contributed by atoms with Crippen LogP contribution in [0.2, 0.25) is 0 Å². The van der Waals surface area contributed by atoms with Gasteiger partial charge >= 0.3 is 0 Å². The minimum Gasteiger partial charge on any atom is -0.396 e. The predicted molar refractivity (Wildman–Crippen MR) is 120 cm³/mol. The van der Waals surface area contributed by atoms with E-state index < -0.39 is 21.1 Å². The highest BCUT2D eigenvalue weighted by Gasteiger charge is 2.25. The summed E-state index contributed by atoms with van der Waals surface area (Å²) < 4.78 is 23.9. The van der Waals surface area contributed by atoms with Crippen molar-refractivity contribution in [2.75, 3.05) is 12.9 Å². The molecule has 6 nitrogen and oxygen atoms in total. The Hall–Kier alpha value is -2.16. The van der Waals surface area contributed by atoms with Gasteiger partial charge in [0.25, 0.3) is 0 Å². The van der Waals surface area contributed by atoms with E-state index in [1.807, 2.05) is 36.4 Å². The second kappa shape index (κ2) is 11.9. The van der Waals surface area contributed by atoms with Crippen molar-refractivity contribution in [2.45, 2.75) is 36.3 Å². The first kappa shape index (κ1) is 24.1.